The van der Waals surface area contributed by atoms with Crippen LogP contribution in [0.5, 0.6) is 5.75 Å². The van der Waals surface area contributed by atoms with Crippen LogP contribution in [0, 0.1) is 0 Å². The Hall–Kier alpha value is -3.58. The lowest BCUT2D eigenvalue weighted by atomic mass is 9.94. The number of hydrogen-bond acceptors (Lipinski definition) is 5. The van der Waals surface area contributed by atoms with Crippen LogP contribution in [0.25, 0.3) is 0 Å². The summed E-state index contributed by atoms with van der Waals surface area (Å²) in [4.78, 5) is 27.2. The van der Waals surface area contributed by atoms with Crippen molar-refractivity contribution in [1.29, 1.82) is 0 Å². The Morgan fingerprint density at radius 3 is 2.24 bits per heavy atom. The molecule has 0 radical (unpaired) electrons. The second kappa shape index (κ2) is 8.75. The van der Waals surface area contributed by atoms with Crippen LogP contribution in [0.2, 0.25) is 0 Å². The molecule has 2 aromatic carbocycles. The first-order valence-corrected chi connectivity index (χ1v) is 11.3. The summed E-state index contributed by atoms with van der Waals surface area (Å²) >= 11 is 0. The third-order valence-corrected chi connectivity index (χ3v) is 6.51. The average molecular weight is 446 g/mol. The number of rotatable bonds is 5. The second-order valence-electron chi connectivity index (χ2n) is 8.37. The lowest BCUT2D eigenvalue weighted by Crippen LogP contribution is -2.56. The van der Waals surface area contributed by atoms with Crippen LogP contribution in [0.4, 0.5) is 0 Å². The lowest BCUT2D eigenvalue weighted by molar-refractivity contribution is 0.0577. The van der Waals surface area contributed by atoms with Gasteiger partial charge >= 0.3 is 0 Å². The molecule has 0 atom stereocenters. The molecule has 5 rings (SSSR count). The maximum Gasteiger partial charge on any atom is 0.277 e. The van der Waals surface area contributed by atoms with E-state index >= 15 is 0 Å². The quantitative estimate of drug-likeness (QED) is 0.612. The summed E-state index contributed by atoms with van der Waals surface area (Å²) in [6.45, 7) is 3.50. The van der Waals surface area contributed by atoms with Gasteiger partial charge in [-0.1, -0.05) is 48.5 Å². The number of aromatic nitrogens is 1. The number of nitrogens with zero attached hydrogens (tertiary/aromatic N) is 3. The summed E-state index contributed by atoms with van der Waals surface area (Å²) in [5, 5.41) is 12.7. The van der Waals surface area contributed by atoms with E-state index < -0.39 is 11.2 Å². The number of fused-ring (bicyclic) bond motifs is 3. The molecular formula is C26H27N3O4. The highest BCUT2D eigenvalue weighted by Crippen LogP contribution is 2.38. The zero-order valence-electron chi connectivity index (χ0n) is 18.6. The van der Waals surface area contributed by atoms with E-state index in [4.69, 9.17) is 4.74 Å². The minimum absolute atomic E-state index is 0.00976. The van der Waals surface area contributed by atoms with E-state index in [1.807, 2.05) is 19.1 Å². The fraction of sp³-hybridized carbons (Fsp3) is 0.308. The molecule has 0 bridgehead atoms. The predicted molar refractivity (Wildman–Crippen MR) is 125 cm³/mol. The van der Waals surface area contributed by atoms with Gasteiger partial charge in [0, 0.05) is 25.4 Å². The van der Waals surface area contributed by atoms with E-state index in [1.54, 1.807) is 15.8 Å². The monoisotopic (exact) mass is 445 g/mol. The van der Waals surface area contributed by atoms with Crippen molar-refractivity contribution in [2.45, 2.75) is 25.8 Å². The first kappa shape index (κ1) is 21.3. The van der Waals surface area contributed by atoms with Gasteiger partial charge in [-0.15, -0.1) is 0 Å². The van der Waals surface area contributed by atoms with Crippen molar-refractivity contribution in [2.75, 3.05) is 31.4 Å². The van der Waals surface area contributed by atoms with Crippen molar-refractivity contribution in [2.24, 2.45) is 0 Å². The fourth-order valence-corrected chi connectivity index (χ4v) is 4.90. The van der Waals surface area contributed by atoms with Gasteiger partial charge in [-0.3, -0.25) is 19.3 Å². The number of pyridine rings is 1. The molecule has 2 aliphatic rings. The van der Waals surface area contributed by atoms with Crippen molar-refractivity contribution in [3.8, 4) is 5.75 Å². The molecule has 0 fully saturated rings. The van der Waals surface area contributed by atoms with Gasteiger partial charge < -0.3 is 14.7 Å². The summed E-state index contributed by atoms with van der Waals surface area (Å²) in [7, 11) is 0. The average Bonchev–Trinajstić information content (AvgIpc) is 3.00. The van der Waals surface area contributed by atoms with E-state index in [0.717, 1.165) is 24.0 Å². The van der Waals surface area contributed by atoms with Crippen LogP contribution in [-0.2, 0) is 17.6 Å². The fourth-order valence-electron chi connectivity index (χ4n) is 4.90. The molecule has 170 valence electrons. The zero-order valence-corrected chi connectivity index (χ0v) is 18.6. The normalized spacial score (nSPS) is 15.6. The molecule has 1 aliphatic heterocycles. The van der Waals surface area contributed by atoms with Crippen LogP contribution in [0.3, 0.4) is 0 Å². The molecule has 1 N–H and O–H groups in total. The van der Waals surface area contributed by atoms with Crippen LogP contribution >= 0.6 is 0 Å². The first-order chi connectivity index (χ1) is 16.1. The van der Waals surface area contributed by atoms with Crippen molar-refractivity contribution in [3.63, 3.8) is 0 Å². The van der Waals surface area contributed by atoms with E-state index in [0.29, 0.717) is 26.4 Å². The van der Waals surface area contributed by atoms with E-state index in [-0.39, 0.29) is 17.6 Å². The lowest BCUT2D eigenvalue weighted by Gasteiger charge is -2.44. The Morgan fingerprint density at radius 1 is 0.970 bits per heavy atom. The number of hydrogen-bond donors (Lipinski definition) is 1. The Kier molecular flexibility index (Phi) is 5.64. The molecule has 1 aromatic heterocycles. The summed E-state index contributed by atoms with van der Waals surface area (Å²) < 4.78 is 7.15. The topological polar surface area (TPSA) is 75.0 Å². The van der Waals surface area contributed by atoms with Crippen molar-refractivity contribution in [1.82, 2.24) is 9.58 Å². The van der Waals surface area contributed by atoms with Crippen molar-refractivity contribution < 1.29 is 14.6 Å². The van der Waals surface area contributed by atoms with Gasteiger partial charge in [-0.25, -0.2) is 0 Å². The summed E-state index contributed by atoms with van der Waals surface area (Å²) in [6, 6.07) is 17.9. The molecule has 0 spiro atoms. The Labute approximate surface area is 192 Å². The van der Waals surface area contributed by atoms with Crippen molar-refractivity contribution >= 4 is 5.91 Å². The summed E-state index contributed by atoms with van der Waals surface area (Å²) in [6.07, 6.45) is 3.44. The maximum absolute atomic E-state index is 13.3. The van der Waals surface area contributed by atoms with E-state index in [9.17, 15) is 14.7 Å². The second-order valence-corrected chi connectivity index (χ2v) is 8.37. The molecule has 2 heterocycles. The highest BCUT2D eigenvalue weighted by atomic mass is 16.5. The van der Waals surface area contributed by atoms with Gasteiger partial charge in [0.2, 0.25) is 5.43 Å². The minimum atomic E-state index is -0.567. The number of carbonyl (C=O) groups is 1. The molecule has 3 aromatic rings. The molecule has 1 amide bonds. The van der Waals surface area contributed by atoms with E-state index in [2.05, 4.69) is 41.4 Å². The number of ether oxygens (including phenoxy) is 1. The SMILES string of the molecule is CCOCCN1CN(C2c3ccccc3CCc3ccccc32)n2ccc(=O)c(O)c2C1=O. The number of aromatic hydroxyl groups is 1. The van der Waals surface area contributed by atoms with Gasteiger partial charge in [0.1, 0.15) is 6.67 Å². The van der Waals surface area contributed by atoms with Crippen LogP contribution in [0.1, 0.15) is 45.7 Å². The first-order valence-electron chi connectivity index (χ1n) is 11.3. The predicted octanol–water partition coefficient (Wildman–Crippen LogP) is 2.83. The van der Waals surface area contributed by atoms with Gasteiger partial charge in [0.25, 0.3) is 5.91 Å². The van der Waals surface area contributed by atoms with Gasteiger partial charge in [0.15, 0.2) is 11.4 Å². The number of carbonyl (C=O) groups excluding carboxylic acids is 1. The highest BCUT2D eigenvalue weighted by molar-refractivity contribution is 5.96. The summed E-state index contributed by atoms with van der Waals surface area (Å²) in [5.74, 6) is -0.903. The maximum atomic E-state index is 13.3. The van der Waals surface area contributed by atoms with Crippen LogP contribution in [0.15, 0.2) is 65.6 Å². The largest absolute Gasteiger partial charge is 0.502 e. The van der Waals surface area contributed by atoms with Gasteiger partial charge in [-0.05, 0) is 42.0 Å². The van der Waals surface area contributed by atoms with E-state index in [1.165, 1.54) is 17.2 Å². The Bertz CT molecular complexity index is 1200. The highest BCUT2D eigenvalue weighted by Gasteiger charge is 2.38. The third kappa shape index (κ3) is 3.68. The zero-order chi connectivity index (χ0) is 22.9. The molecule has 1 aliphatic carbocycles. The van der Waals surface area contributed by atoms with Crippen LogP contribution in [-0.4, -0.2) is 47.0 Å². The molecule has 0 saturated carbocycles. The minimum Gasteiger partial charge on any atom is -0.502 e. The smallest absolute Gasteiger partial charge is 0.277 e. The van der Waals surface area contributed by atoms with Crippen LogP contribution < -0.4 is 10.4 Å². The molecule has 7 heteroatoms. The number of benzene rings is 2. The standard InChI is InChI=1S/C26H27N3O4/c1-2-33-16-15-27-17-29(28-14-13-22(30)25(31)24(28)26(27)32)23-20-9-5-3-7-18(20)11-12-19-8-4-6-10-21(19)23/h3-10,13-14,23,31H,2,11-12,15-17H2,1H3. The molecule has 0 unspecified atom stereocenters. The Morgan fingerprint density at radius 2 is 1.61 bits per heavy atom. The molecule has 7 nitrogen and oxygen atoms in total. The van der Waals surface area contributed by atoms with Gasteiger partial charge in [0.05, 0.1) is 12.6 Å². The number of aryl methyl sites for hydroxylation is 2. The number of amides is 1. The van der Waals surface area contributed by atoms with Gasteiger partial charge in [-0.2, -0.15) is 0 Å². The summed E-state index contributed by atoms with van der Waals surface area (Å²) in [5.41, 5.74) is 4.25. The molecular weight excluding hydrogens is 418 g/mol. The molecule has 0 saturated heterocycles. The van der Waals surface area contributed by atoms with Crippen molar-refractivity contribution in [3.05, 3.63) is 99.0 Å². The molecule has 33 heavy (non-hydrogen) atoms. The Balaban J connectivity index is 1.70. The third-order valence-electron chi connectivity index (χ3n) is 6.51.